The van der Waals surface area contributed by atoms with E-state index in [1.54, 1.807) is 36.0 Å². The molecule has 0 saturated carbocycles. The number of hydrogen-bond donors (Lipinski definition) is 1. The number of methoxy groups -OCH3 is 1. The molecule has 4 aromatic rings. The first-order valence-corrected chi connectivity index (χ1v) is 12.2. The molecule has 0 radical (unpaired) electrons. The van der Waals surface area contributed by atoms with Gasteiger partial charge in [0.1, 0.15) is 16.4 Å². The van der Waals surface area contributed by atoms with Crippen LogP contribution in [0, 0.1) is 5.82 Å². The van der Waals surface area contributed by atoms with Crippen molar-refractivity contribution < 1.29 is 18.7 Å². The van der Waals surface area contributed by atoms with Gasteiger partial charge < -0.3 is 10.1 Å². The first kappa shape index (κ1) is 24.3. The molecular weight excluding hydrogens is 489 g/mol. The van der Waals surface area contributed by atoms with E-state index in [0.717, 1.165) is 5.56 Å². The molecule has 1 amide bonds. The minimum Gasteiger partial charge on any atom is -0.465 e. The van der Waals surface area contributed by atoms with Gasteiger partial charge in [-0.25, -0.2) is 9.18 Å². The number of thioether (sulfide) groups is 1. The molecule has 0 fully saturated rings. The lowest BCUT2D eigenvalue weighted by Gasteiger charge is -2.09. The fraction of sp³-hybridized carbons (Fsp3) is 0.125. The lowest BCUT2D eigenvalue weighted by molar-refractivity contribution is -0.113. The van der Waals surface area contributed by atoms with E-state index in [-0.39, 0.29) is 23.0 Å². The summed E-state index contributed by atoms with van der Waals surface area (Å²) in [7, 11) is 1.27. The molecule has 0 unspecified atom stereocenters. The molecule has 8 nitrogen and oxygen atoms in total. The lowest BCUT2D eigenvalue weighted by Crippen LogP contribution is -2.16. The van der Waals surface area contributed by atoms with Crippen LogP contribution in [0.5, 0.6) is 0 Å². The smallest absolute Gasteiger partial charge is 0.341 e. The molecule has 0 bridgehead atoms. The Morgan fingerprint density at radius 3 is 2.60 bits per heavy atom. The Hall–Kier alpha value is -3.83. The predicted octanol–water partition coefficient (Wildman–Crippen LogP) is 4.91. The number of ether oxygens (including phenoxy) is 1. The van der Waals surface area contributed by atoms with E-state index in [0.29, 0.717) is 33.7 Å². The number of esters is 1. The summed E-state index contributed by atoms with van der Waals surface area (Å²) in [5.74, 6) is -0.626. The summed E-state index contributed by atoms with van der Waals surface area (Å²) < 4.78 is 20.1. The second-order valence-corrected chi connectivity index (χ2v) is 8.95. The molecule has 0 saturated heterocycles. The van der Waals surface area contributed by atoms with Crippen LogP contribution in [0.3, 0.4) is 0 Å². The Morgan fingerprint density at radius 2 is 1.91 bits per heavy atom. The van der Waals surface area contributed by atoms with Crippen molar-refractivity contribution in [2.75, 3.05) is 18.2 Å². The SMILES string of the molecule is C=CCn1c(SCC(=O)Nc2scc(-c3ccc(F)cc3)c2C(=O)OC)nnc1-c1ccncc1. The second kappa shape index (κ2) is 11.1. The summed E-state index contributed by atoms with van der Waals surface area (Å²) in [5, 5.41) is 13.9. The number of nitrogens with one attached hydrogen (secondary N) is 1. The number of anilines is 1. The number of pyridine rings is 1. The zero-order valence-corrected chi connectivity index (χ0v) is 20.2. The van der Waals surface area contributed by atoms with Crippen molar-refractivity contribution in [3.05, 3.63) is 78.2 Å². The van der Waals surface area contributed by atoms with Gasteiger partial charge >= 0.3 is 5.97 Å². The van der Waals surface area contributed by atoms with Crippen molar-refractivity contribution in [3.63, 3.8) is 0 Å². The molecule has 11 heteroatoms. The van der Waals surface area contributed by atoms with Gasteiger partial charge in [0.05, 0.1) is 12.9 Å². The van der Waals surface area contributed by atoms with Gasteiger partial charge in [0, 0.05) is 35.4 Å². The van der Waals surface area contributed by atoms with Crippen LogP contribution < -0.4 is 5.32 Å². The summed E-state index contributed by atoms with van der Waals surface area (Å²) in [6.07, 6.45) is 5.06. The lowest BCUT2D eigenvalue weighted by atomic mass is 10.0. The maximum atomic E-state index is 13.3. The third-order valence-corrected chi connectivity index (χ3v) is 6.75. The van der Waals surface area contributed by atoms with E-state index < -0.39 is 5.97 Å². The minimum absolute atomic E-state index is 0.0377. The Balaban J connectivity index is 1.52. The van der Waals surface area contributed by atoms with Crippen molar-refractivity contribution in [1.29, 1.82) is 0 Å². The average Bonchev–Trinajstić information content (AvgIpc) is 3.47. The van der Waals surface area contributed by atoms with Crippen LogP contribution in [0.2, 0.25) is 0 Å². The Kier molecular flexibility index (Phi) is 7.68. The highest BCUT2D eigenvalue weighted by atomic mass is 32.2. The number of benzene rings is 1. The van der Waals surface area contributed by atoms with Crippen LogP contribution in [0.15, 0.2) is 72.0 Å². The number of thiophene rings is 1. The van der Waals surface area contributed by atoms with Crippen LogP contribution in [0.25, 0.3) is 22.5 Å². The van der Waals surface area contributed by atoms with Crippen molar-refractivity contribution in [3.8, 4) is 22.5 Å². The summed E-state index contributed by atoms with van der Waals surface area (Å²) in [5.41, 5.74) is 2.26. The fourth-order valence-electron chi connectivity index (χ4n) is 3.29. The molecule has 35 heavy (non-hydrogen) atoms. The van der Waals surface area contributed by atoms with Gasteiger partial charge in [-0.1, -0.05) is 30.0 Å². The first-order valence-electron chi connectivity index (χ1n) is 10.3. The van der Waals surface area contributed by atoms with Crippen LogP contribution >= 0.6 is 23.1 Å². The van der Waals surface area contributed by atoms with Crippen molar-refractivity contribution in [2.45, 2.75) is 11.7 Å². The molecule has 0 atom stereocenters. The number of amides is 1. The summed E-state index contributed by atoms with van der Waals surface area (Å²) in [4.78, 5) is 29.3. The molecule has 0 aliphatic heterocycles. The molecule has 0 aliphatic rings. The highest BCUT2D eigenvalue weighted by molar-refractivity contribution is 7.99. The minimum atomic E-state index is -0.596. The maximum absolute atomic E-state index is 13.3. The van der Waals surface area contributed by atoms with Crippen LogP contribution in [-0.2, 0) is 16.1 Å². The number of allylic oxidation sites excluding steroid dienone is 1. The fourth-order valence-corrected chi connectivity index (χ4v) is 5.01. The molecule has 1 aromatic carbocycles. The Bertz CT molecular complexity index is 1350. The van der Waals surface area contributed by atoms with Gasteiger partial charge in [-0.2, -0.15) is 0 Å². The third-order valence-electron chi connectivity index (χ3n) is 4.89. The van der Waals surface area contributed by atoms with Gasteiger partial charge in [-0.3, -0.25) is 14.3 Å². The molecular formula is C24H20FN5O3S2. The van der Waals surface area contributed by atoms with E-state index in [4.69, 9.17) is 4.74 Å². The third kappa shape index (κ3) is 5.47. The van der Waals surface area contributed by atoms with Gasteiger partial charge in [0.25, 0.3) is 0 Å². The van der Waals surface area contributed by atoms with Crippen molar-refractivity contribution in [2.24, 2.45) is 0 Å². The zero-order chi connectivity index (χ0) is 24.8. The Morgan fingerprint density at radius 1 is 1.17 bits per heavy atom. The molecule has 0 aliphatic carbocycles. The summed E-state index contributed by atoms with van der Waals surface area (Å²) in [6, 6.07) is 9.41. The zero-order valence-electron chi connectivity index (χ0n) is 18.6. The molecule has 3 aromatic heterocycles. The highest BCUT2D eigenvalue weighted by Gasteiger charge is 2.23. The topological polar surface area (TPSA) is 99.0 Å². The van der Waals surface area contributed by atoms with Crippen molar-refractivity contribution >= 4 is 40.0 Å². The maximum Gasteiger partial charge on any atom is 0.341 e. The van der Waals surface area contributed by atoms with Crippen LogP contribution in [0.4, 0.5) is 9.39 Å². The predicted molar refractivity (Wildman–Crippen MR) is 134 cm³/mol. The number of rotatable bonds is 9. The van der Waals surface area contributed by atoms with Crippen LogP contribution in [0.1, 0.15) is 10.4 Å². The molecule has 0 spiro atoms. The standard InChI is InChI=1S/C24H20FN5O3S2/c1-3-12-30-21(16-8-10-26-11-9-16)28-29-24(30)35-14-19(31)27-22-20(23(32)33-2)18(13-34-22)15-4-6-17(25)7-5-15/h3-11,13H,1,12,14H2,2H3,(H,27,31). The van der Waals surface area contributed by atoms with Gasteiger partial charge in [0.2, 0.25) is 5.91 Å². The summed E-state index contributed by atoms with van der Waals surface area (Å²) in [6.45, 7) is 4.25. The van der Waals surface area contributed by atoms with E-state index in [2.05, 4.69) is 27.1 Å². The first-order chi connectivity index (χ1) is 17.0. The second-order valence-electron chi connectivity index (χ2n) is 7.13. The van der Waals surface area contributed by atoms with Crippen molar-refractivity contribution in [1.82, 2.24) is 19.7 Å². The number of aromatic nitrogens is 4. The number of hydrogen-bond acceptors (Lipinski definition) is 8. The van der Waals surface area contributed by atoms with E-state index in [1.807, 2.05) is 16.7 Å². The largest absolute Gasteiger partial charge is 0.465 e. The molecule has 1 N–H and O–H groups in total. The summed E-state index contributed by atoms with van der Waals surface area (Å²) >= 11 is 2.41. The number of carbonyl (C=O) groups excluding carboxylic acids is 2. The highest BCUT2D eigenvalue weighted by Crippen LogP contribution is 2.36. The van der Waals surface area contributed by atoms with E-state index in [9.17, 15) is 14.0 Å². The van der Waals surface area contributed by atoms with Gasteiger partial charge in [-0.15, -0.1) is 28.1 Å². The normalized spacial score (nSPS) is 10.7. The molecule has 178 valence electrons. The van der Waals surface area contributed by atoms with Gasteiger partial charge in [0.15, 0.2) is 11.0 Å². The number of nitrogens with zero attached hydrogens (tertiary/aromatic N) is 4. The average molecular weight is 510 g/mol. The monoisotopic (exact) mass is 509 g/mol. The van der Waals surface area contributed by atoms with E-state index in [1.165, 1.54) is 42.3 Å². The molecule has 4 rings (SSSR count). The number of halogens is 1. The van der Waals surface area contributed by atoms with E-state index >= 15 is 0 Å². The quantitative estimate of drug-likeness (QED) is 0.194. The Labute approximate surface area is 208 Å². The number of carbonyl (C=O) groups is 2. The van der Waals surface area contributed by atoms with Crippen LogP contribution in [-0.4, -0.2) is 44.5 Å². The molecule has 3 heterocycles. The van der Waals surface area contributed by atoms with Gasteiger partial charge in [-0.05, 0) is 29.8 Å².